The van der Waals surface area contributed by atoms with E-state index in [1.54, 1.807) is 24.3 Å². The summed E-state index contributed by atoms with van der Waals surface area (Å²) in [4.78, 5) is 20.0. The van der Waals surface area contributed by atoms with Gasteiger partial charge in [0.1, 0.15) is 12.6 Å². The minimum absolute atomic E-state index is 0.729. The molecule has 0 spiro atoms. The Kier molecular flexibility index (Phi) is 5.28. The van der Waals surface area contributed by atoms with E-state index in [0.29, 0.717) is 0 Å². The first-order valence-corrected chi connectivity index (χ1v) is 4.87. The fourth-order valence-electron chi connectivity index (χ4n) is 1.06. The number of hydrogen-bond donors (Lipinski definition) is 0. The van der Waals surface area contributed by atoms with Gasteiger partial charge in [-0.1, -0.05) is 60.7 Å². The quantitative estimate of drug-likeness (QED) is 0.717. The number of hydrogen-bond acceptors (Lipinski definition) is 2. The first kappa shape index (κ1) is 11.9. The number of benzene rings is 2. The summed E-state index contributed by atoms with van der Waals surface area (Å²) in [5.41, 5.74) is 1.46. The summed E-state index contributed by atoms with van der Waals surface area (Å²) < 4.78 is 0. The molecule has 0 heterocycles. The monoisotopic (exact) mass is 212 g/mol. The van der Waals surface area contributed by atoms with Gasteiger partial charge in [0.05, 0.1) is 0 Å². The lowest BCUT2D eigenvalue weighted by Crippen LogP contribution is -1.73. The zero-order valence-corrected chi connectivity index (χ0v) is 8.74. The molecule has 0 fully saturated rings. The Morgan fingerprint density at radius 1 is 0.562 bits per heavy atom. The zero-order valence-electron chi connectivity index (χ0n) is 8.74. The summed E-state index contributed by atoms with van der Waals surface area (Å²) in [5, 5.41) is 0. The van der Waals surface area contributed by atoms with Gasteiger partial charge in [-0.15, -0.1) is 0 Å². The molecule has 2 heteroatoms. The van der Waals surface area contributed by atoms with Crippen molar-refractivity contribution in [2.24, 2.45) is 0 Å². The summed E-state index contributed by atoms with van der Waals surface area (Å²) in [6, 6.07) is 18.2. The summed E-state index contributed by atoms with van der Waals surface area (Å²) in [6.07, 6.45) is 1.67. The van der Waals surface area contributed by atoms with Gasteiger partial charge >= 0.3 is 0 Å². The molecule has 0 aliphatic heterocycles. The molecule has 0 saturated carbocycles. The van der Waals surface area contributed by atoms with Crippen molar-refractivity contribution in [3.63, 3.8) is 0 Å². The molecular weight excluding hydrogens is 200 g/mol. The summed E-state index contributed by atoms with van der Waals surface area (Å²) >= 11 is 0. The van der Waals surface area contributed by atoms with Crippen molar-refractivity contribution in [1.29, 1.82) is 0 Å². The maximum atomic E-state index is 10.0. The van der Waals surface area contributed by atoms with Crippen LogP contribution in [0.2, 0.25) is 0 Å². The highest BCUT2D eigenvalue weighted by Gasteiger charge is 1.80. The summed E-state index contributed by atoms with van der Waals surface area (Å²) in [7, 11) is 0. The van der Waals surface area contributed by atoms with E-state index in [0.717, 1.165) is 23.7 Å². The van der Waals surface area contributed by atoms with Gasteiger partial charge in [0.2, 0.25) is 0 Å². The van der Waals surface area contributed by atoms with Gasteiger partial charge in [-0.3, -0.25) is 9.59 Å². The Hall–Kier alpha value is -2.22. The molecule has 0 aliphatic carbocycles. The lowest BCUT2D eigenvalue weighted by Gasteiger charge is -1.81. The molecule has 0 radical (unpaired) electrons. The molecule has 2 aromatic carbocycles. The van der Waals surface area contributed by atoms with Crippen molar-refractivity contribution in [3.8, 4) is 0 Å². The zero-order chi connectivity index (χ0) is 11.6. The minimum atomic E-state index is 0.729. The average Bonchev–Trinajstić information content (AvgIpc) is 2.41. The molecule has 0 amide bonds. The van der Waals surface area contributed by atoms with Gasteiger partial charge in [0.25, 0.3) is 0 Å². The highest BCUT2D eigenvalue weighted by atomic mass is 16.1. The third-order valence-corrected chi connectivity index (χ3v) is 1.87. The van der Waals surface area contributed by atoms with Crippen LogP contribution in [0.1, 0.15) is 20.7 Å². The second-order valence-electron chi connectivity index (χ2n) is 3.06. The van der Waals surface area contributed by atoms with Gasteiger partial charge < -0.3 is 0 Å². The van der Waals surface area contributed by atoms with E-state index in [2.05, 4.69) is 0 Å². The highest BCUT2D eigenvalue weighted by molar-refractivity contribution is 5.74. The molecular formula is C14H12O2. The maximum Gasteiger partial charge on any atom is 0.150 e. The van der Waals surface area contributed by atoms with Crippen molar-refractivity contribution in [3.05, 3.63) is 71.8 Å². The predicted molar refractivity (Wildman–Crippen MR) is 63.7 cm³/mol. The fourth-order valence-corrected chi connectivity index (χ4v) is 1.06. The predicted octanol–water partition coefficient (Wildman–Crippen LogP) is 3.00. The minimum Gasteiger partial charge on any atom is -0.298 e. The summed E-state index contributed by atoms with van der Waals surface area (Å²) in [6.45, 7) is 0. The lowest BCUT2D eigenvalue weighted by atomic mass is 10.2. The molecule has 0 aliphatic rings. The Morgan fingerprint density at radius 3 is 1.06 bits per heavy atom. The molecule has 2 nitrogen and oxygen atoms in total. The Labute approximate surface area is 94.5 Å². The molecule has 2 rings (SSSR count). The van der Waals surface area contributed by atoms with E-state index in [9.17, 15) is 9.59 Å². The lowest BCUT2D eigenvalue weighted by molar-refractivity contribution is 0.111. The van der Waals surface area contributed by atoms with Gasteiger partial charge in [0, 0.05) is 11.1 Å². The Balaban J connectivity index is 0.000000160. The molecule has 0 N–H and O–H groups in total. The molecule has 2 aromatic rings. The maximum absolute atomic E-state index is 10.0. The van der Waals surface area contributed by atoms with Crippen LogP contribution in [-0.4, -0.2) is 12.6 Å². The smallest absolute Gasteiger partial charge is 0.150 e. The van der Waals surface area contributed by atoms with Gasteiger partial charge in [-0.05, 0) is 0 Å². The second-order valence-corrected chi connectivity index (χ2v) is 3.06. The number of carbonyl (C=O) groups excluding carboxylic acids is 2. The molecule has 0 aromatic heterocycles. The van der Waals surface area contributed by atoms with Crippen LogP contribution < -0.4 is 0 Å². The van der Waals surface area contributed by atoms with E-state index < -0.39 is 0 Å². The van der Waals surface area contributed by atoms with Crippen LogP contribution in [0.4, 0.5) is 0 Å². The Bertz CT molecular complexity index is 378. The van der Waals surface area contributed by atoms with Crippen molar-refractivity contribution in [2.75, 3.05) is 0 Å². The molecule has 0 saturated heterocycles. The van der Waals surface area contributed by atoms with Crippen LogP contribution in [0, 0.1) is 0 Å². The highest BCUT2D eigenvalue weighted by Crippen LogP contribution is 1.92. The normalized spacial score (nSPS) is 8.50. The third kappa shape index (κ3) is 4.33. The van der Waals surface area contributed by atoms with Crippen molar-refractivity contribution >= 4 is 12.6 Å². The van der Waals surface area contributed by atoms with Gasteiger partial charge in [0.15, 0.2) is 0 Å². The summed E-state index contributed by atoms with van der Waals surface area (Å²) in [5.74, 6) is 0. The first-order valence-electron chi connectivity index (χ1n) is 4.87. The van der Waals surface area contributed by atoms with Crippen molar-refractivity contribution in [1.82, 2.24) is 0 Å². The van der Waals surface area contributed by atoms with E-state index >= 15 is 0 Å². The average molecular weight is 212 g/mol. The van der Waals surface area contributed by atoms with Crippen LogP contribution in [0.5, 0.6) is 0 Å². The van der Waals surface area contributed by atoms with Crippen molar-refractivity contribution in [2.45, 2.75) is 0 Å². The second kappa shape index (κ2) is 7.12. The van der Waals surface area contributed by atoms with Gasteiger partial charge in [-0.25, -0.2) is 0 Å². The van der Waals surface area contributed by atoms with E-state index in [4.69, 9.17) is 0 Å². The largest absolute Gasteiger partial charge is 0.298 e. The van der Waals surface area contributed by atoms with E-state index in [1.807, 2.05) is 36.4 Å². The number of carbonyl (C=O) groups is 2. The van der Waals surface area contributed by atoms with Crippen LogP contribution in [0.15, 0.2) is 60.7 Å². The van der Waals surface area contributed by atoms with Crippen LogP contribution in [-0.2, 0) is 0 Å². The number of aldehydes is 2. The fraction of sp³-hybridized carbons (Fsp3) is 0. The molecule has 80 valence electrons. The van der Waals surface area contributed by atoms with E-state index in [-0.39, 0.29) is 0 Å². The Morgan fingerprint density at radius 2 is 0.875 bits per heavy atom. The first-order chi connectivity index (χ1) is 7.86. The molecule has 0 unspecified atom stereocenters. The van der Waals surface area contributed by atoms with Gasteiger partial charge in [-0.2, -0.15) is 0 Å². The van der Waals surface area contributed by atoms with Crippen LogP contribution >= 0.6 is 0 Å². The van der Waals surface area contributed by atoms with Crippen LogP contribution in [0.3, 0.4) is 0 Å². The topological polar surface area (TPSA) is 34.1 Å². The van der Waals surface area contributed by atoms with Crippen LogP contribution in [0.25, 0.3) is 0 Å². The molecule has 16 heavy (non-hydrogen) atoms. The third-order valence-electron chi connectivity index (χ3n) is 1.87. The molecule has 0 bridgehead atoms. The molecule has 0 atom stereocenters. The van der Waals surface area contributed by atoms with Crippen molar-refractivity contribution < 1.29 is 9.59 Å². The van der Waals surface area contributed by atoms with E-state index in [1.165, 1.54) is 0 Å². The number of rotatable bonds is 2. The standard InChI is InChI=1S/2C7H6O/c2*8-6-7-4-2-1-3-5-7/h2*1-6H. The SMILES string of the molecule is O=Cc1ccccc1.O=Cc1ccccc1.